The van der Waals surface area contributed by atoms with E-state index in [0.717, 1.165) is 12.2 Å². The van der Waals surface area contributed by atoms with Crippen LogP contribution in [0.2, 0.25) is 0 Å². The van der Waals surface area contributed by atoms with Crippen LogP contribution in [-0.4, -0.2) is 0 Å². The SMILES string of the molecule is Ic1ccc2c(c1)-c1ccccc1SCc1ccccc1C2. The van der Waals surface area contributed by atoms with E-state index in [1.807, 2.05) is 11.8 Å². The van der Waals surface area contributed by atoms with Crippen LogP contribution in [0.3, 0.4) is 0 Å². The van der Waals surface area contributed by atoms with E-state index in [-0.39, 0.29) is 0 Å². The Morgan fingerprint density at radius 1 is 0.727 bits per heavy atom. The molecular weight excluding hydrogens is 399 g/mol. The average molecular weight is 414 g/mol. The van der Waals surface area contributed by atoms with Gasteiger partial charge in [-0.25, -0.2) is 0 Å². The van der Waals surface area contributed by atoms with Gasteiger partial charge in [0, 0.05) is 14.2 Å². The van der Waals surface area contributed by atoms with Crippen molar-refractivity contribution < 1.29 is 0 Å². The highest BCUT2D eigenvalue weighted by molar-refractivity contribution is 14.1. The number of halogens is 1. The summed E-state index contributed by atoms with van der Waals surface area (Å²) < 4.78 is 1.30. The lowest BCUT2D eigenvalue weighted by atomic mass is 9.93. The molecule has 22 heavy (non-hydrogen) atoms. The van der Waals surface area contributed by atoms with Crippen molar-refractivity contribution in [3.63, 3.8) is 0 Å². The predicted octanol–water partition coefficient (Wildman–Crippen LogP) is 6.15. The Bertz CT molecular complexity index is 839. The van der Waals surface area contributed by atoms with Gasteiger partial charge < -0.3 is 0 Å². The van der Waals surface area contributed by atoms with Crippen LogP contribution in [0, 0.1) is 3.57 Å². The summed E-state index contributed by atoms with van der Waals surface area (Å²) in [5.74, 6) is 1.04. The van der Waals surface area contributed by atoms with Crippen LogP contribution in [0.5, 0.6) is 0 Å². The van der Waals surface area contributed by atoms with E-state index in [2.05, 4.69) is 89.3 Å². The highest BCUT2D eigenvalue weighted by Gasteiger charge is 2.15. The molecule has 0 unspecified atom stereocenters. The summed E-state index contributed by atoms with van der Waals surface area (Å²) >= 11 is 4.36. The molecule has 1 aliphatic heterocycles. The van der Waals surface area contributed by atoms with Crippen molar-refractivity contribution in [2.75, 3.05) is 0 Å². The van der Waals surface area contributed by atoms with E-state index in [9.17, 15) is 0 Å². The molecule has 0 spiro atoms. The molecule has 0 radical (unpaired) electrons. The fourth-order valence-electron chi connectivity index (χ4n) is 3.00. The van der Waals surface area contributed by atoms with Crippen molar-refractivity contribution in [1.82, 2.24) is 0 Å². The van der Waals surface area contributed by atoms with Crippen molar-refractivity contribution in [2.45, 2.75) is 17.1 Å². The molecule has 0 aliphatic carbocycles. The molecule has 0 N–H and O–H groups in total. The molecule has 1 heterocycles. The van der Waals surface area contributed by atoms with Gasteiger partial charge in [0.15, 0.2) is 0 Å². The van der Waals surface area contributed by atoms with E-state index in [1.165, 1.54) is 36.3 Å². The molecule has 0 fully saturated rings. The van der Waals surface area contributed by atoms with Crippen molar-refractivity contribution in [3.8, 4) is 11.1 Å². The van der Waals surface area contributed by atoms with E-state index < -0.39 is 0 Å². The molecule has 0 atom stereocenters. The van der Waals surface area contributed by atoms with Gasteiger partial charge in [-0.1, -0.05) is 48.5 Å². The van der Waals surface area contributed by atoms with Crippen molar-refractivity contribution in [3.05, 3.63) is 87.0 Å². The Morgan fingerprint density at radius 2 is 1.50 bits per heavy atom. The van der Waals surface area contributed by atoms with Crippen LogP contribution >= 0.6 is 34.4 Å². The molecule has 3 aromatic rings. The molecule has 0 saturated heterocycles. The molecule has 0 amide bonds. The normalized spacial score (nSPS) is 13.1. The molecule has 1 aliphatic rings. The van der Waals surface area contributed by atoms with Gasteiger partial charge in [0.2, 0.25) is 0 Å². The maximum atomic E-state index is 2.41. The number of hydrogen-bond acceptors (Lipinski definition) is 1. The van der Waals surface area contributed by atoms with Crippen molar-refractivity contribution in [2.24, 2.45) is 0 Å². The first kappa shape index (κ1) is 14.3. The first-order chi connectivity index (χ1) is 10.8. The zero-order valence-corrected chi connectivity index (χ0v) is 15.0. The van der Waals surface area contributed by atoms with Crippen LogP contribution in [0.1, 0.15) is 16.7 Å². The van der Waals surface area contributed by atoms with Crippen LogP contribution in [0.4, 0.5) is 0 Å². The van der Waals surface area contributed by atoms with Gasteiger partial charge in [-0.3, -0.25) is 0 Å². The second-order valence-electron chi connectivity index (χ2n) is 5.53. The van der Waals surface area contributed by atoms with Gasteiger partial charge in [0.1, 0.15) is 0 Å². The maximum absolute atomic E-state index is 2.41. The van der Waals surface area contributed by atoms with Gasteiger partial charge in [0.05, 0.1) is 0 Å². The maximum Gasteiger partial charge on any atom is 0.0235 e. The van der Waals surface area contributed by atoms with Gasteiger partial charge in [-0.15, -0.1) is 11.8 Å². The largest absolute Gasteiger partial charge is 0.121 e. The van der Waals surface area contributed by atoms with Gasteiger partial charge in [-0.05, 0) is 75.0 Å². The highest BCUT2D eigenvalue weighted by Crippen LogP contribution is 2.38. The average Bonchev–Trinajstić information content (AvgIpc) is 2.61. The number of fused-ring (bicyclic) bond motifs is 4. The quantitative estimate of drug-likeness (QED) is 0.398. The monoisotopic (exact) mass is 414 g/mol. The van der Waals surface area contributed by atoms with Gasteiger partial charge in [0.25, 0.3) is 0 Å². The van der Waals surface area contributed by atoms with E-state index in [0.29, 0.717) is 0 Å². The van der Waals surface area contributed by atoms with Gasteiger partial charge >= 0.3 is 0 Å². The smallest absolute Gasteiger partial charge is 0.0235 e. The zero-order valence-electron chi connectivity index (χ0n) is 12.1. The summed E-state index contributed by atoms with van der Waals surface area (Å²) in [5, 5.41) is 0. The summed E-state index contributed by atoms with van der Waals surface area (Å²) in [5.41, 5.74) is 7.07. The van der Waals surface area contributed by atoms with Crippen LogP contribution in [-0.2, 0) is 12.2 Å². The summed E-state index contributed by atoms with van der Waals surface area (Å²) in [6, 6.07) is 24.5. The number of thioether (sulfide) groups is 1. The lowest BCUT2D eigenvalue weighted by Crippen LogP contribution is -1.95. The Kier molecular flexibility index (Phi) is 3.97. The lowest BCUT2D eigenvalue weighted by Gasteiger charge is -2.12. The second kappa shape index (κ2) is 6.09. The third-order valence-electron chi connectivity index (χ3n) is 4.13. The summed E-state index contributed by atoms with van der Waals surface area (Å²) in [4.78, 5) is 1.38. The van der Waals surface area contributed by atoms with Gasteiger partial charge in [-0.2, -0.15) is 0 Å². The first-order valence-corrected chi connectivity index (χ1v) is 9.45. The molecule has 0 saturated carbocycles. The fraction of sp³-hybridized carbons (Fsp3) is 0.100. The molecule has 2 heteroatoms. The fourth-order valence-corrected chi connectivity index (χ4v) is 4.59. The van der Waals surface area contributed by atoms with Crippen LogP contribution < -0.4 is 0 Å². The molecule has 108 valence electrons. The third-order valence-corrected chi connectivity index (χ3v) is 5.92. The zero-order chi connectivity index (χ0) is 14.9. The third kappa shape index (κ3) is 2.70. The molecule has 0 aromatic heterocycles. The molecule has 0 bridgehead atoms. The molecule has 3 aromatic carbocycles. The van der Waals surface area contributed by atoms with Crippen LogP contribution in [0.25, 0.3) is 11.1 Å². The second-order valence-corrected chi connectivity index (χ2v) is 7.79. The lowest BCUT2D eigenvalue weighted by molar-refractivity contribution is 1.15. The number of hydrogen-bond donors (Lipinski definition) is 0. The molecule has 4 rings (SSSR count). The van der Waals surface area contributed by atoms with E-state index >= 15 is 0 Å². The highest BCUT2D eigenvalue weighted by atomic mass is 127. The standard InChI is InChI=1S/C20H15IS/c21-17-10-9-15-11-14-5-1-2-6-16(14)13-22-20-8-4-3-7-18(20)19(15)12-17/h1-10,12H,11,13H2. The summed E-state index contributed by atoms with van der Waals surface area (Å²) in [7, 11) is 0. The number of benzene rings is 3. The Hall–Kier alpha value is -1.26. The predicted molar refractivity (Wildman–Crippen MR) is 103 cm³/mol. The van der Waals surface area contributed by atoms with Crippen LogP contribution in [0.15, 0.2) is 71.6 Å². The minimum atomic E-state index is 1.01. The summed E-state index contributed by atoms with van der Waals surface area (Å²) in [6.45, 7) is 0. The summed E-state index contributed by atoms with van der Waals surface area (Å²) in [6.07, 6.45) is 1.01. The molecule has 0 nitrogen and oxygen atoms in total. The minimum absolute atomic E-state index is 1.01. The van der Waals surface area contributed by atoms with E-state index in [4.69, 9.17) is 0 Å². The Balaban J connectivity index is 1.97. The van der Waals surface area contributed by atoms with Crippen molar-refractivity contribution in [1.29, 1.82) is 0 Å². The molecular formula is C20H15IS. The topological polar surface area (TPSA) is 0 Å². The van der Waals surface area contributed by atoms with E-state index in [1.54, 1.807) is 0 Å². The van der Waals surface area contributed by atoms with Crippen molar-refractivity contribution >= 4 is 34.4 Å². The Labute approximate surface area is 149 Å². The Morgan fingerprint density at radius 3 is 2.41 bits per heavy atom. The first-order valence-electron chi connectivity index (χ1n) is 7.39. The number of rotatable bonds is 0. The minimum Gasteiger partial charge on any atom is -0.121 e.